The SMILES string of the molecule is CC(C)c1nnc2n1CCN(c1cccc3c1CCN(C(=O)[C@H]1CC(c4cccc(Cl)c4F)=NO1)[C@@H]3C(=O)Nc1ccc(F)cc1)C2. The third-order valence-corrected chi connectivity index (χ3v) is 9.18. The number of carbonyl (C=O) groups excluding carboxylic acids is 2. The predicted octanol–water partition coefficient (Wildman–Crippen LogP) is 5.61. The van der Waals surface area contributed by atoms with Crippen LogP contribution in [0.2, 0.25) is 5.02 Å². The minimum absolute atomic E-state index is 0.0125. The zero-order valence-corrected chi connectivity index (χ0v) is 26.5. The van der Waals surface area contributed by atoms with E-state index in [9.17, 15) is 18.4 Å². The third kappa shape index (κ3) is 5.71. The van der Waals surface area contributed by atoms with E-state index in [4.69, 9.17) is 16.4 Å². The molecule has 0 unspecified atom stereocenters. The second-order valence-corrected chi connectivity index (χ2v) is 12.6. The molecule has 7 rings (SSSR count). The van der Waals surface area contributed by atoms with Gasteiger partial charge in [-0.05, 0) is 60.0 Å². The van der Waals surface area contributed by atoms with Gasteiger partial charge in [0.25, 0.3) is 11.8 Å². The maximum atomic E-state index is 14.8. The lowest BCUT2D eigenvalue weighted by Gasteiger charge is -2.40. The van der Waals surface area contributed by atoms with Crippen LogP contribution < -0.4 is 10.2 Å². The molecule has 3 aromatic carbocycles. The van der Waals surface area contributed by atoms with Crippen LogP contribution >= 0.6 is 11.6 Å². The Morgan fingerprint density at radius 2 is 1.79 bits per heavy atom. The van der Waals surface area contributed by atoms with E-state index >= 15 is 0 Å². The number of rotatable bonds is 6. The number of anilines is 2. The quantitative estimate of drug-likeness (QED) is 0.289. The van der Waals surface area contributed by atoms with Crippen LogP contribution in [0.25, 0.3) is 0 Å². The molecule has 0 bridgehead atoms. The predicted molar refractivity (Wildman–Crippen MR) is 172 cm³/mol. The number of amides is 2. The fourth-order valence-corrected chi connectivity index (χ4v) is 6.78. The molecule has 0 aliphatic carbocycles. The number of aromatic nitrogens is 3. The second-order valence-electron chi connectivity index (χ2n) is 12.2. The van der Waals surface area contributed by atoms with E-state index in [1.807, 2.05) is 18.2 Å². The molecule has 10 nitrogen and oxygen atoms in total. The molecule has 2 amide bonds. The molecule has 242 valence electrons. The first kappa shape index (κ1) is 30.8. The van der Waals surface area contributed by atoms with Gasteiger partial charge in [-0.1, -0.05) is 48.8 Å². The van der Waals surface area contributed by atoms with Gasteiger partial charge in [-0.2, -0.15) is 0 Å². The second kappa shape index (κ2) is 12.4. The van der Waals surface area contributed by atoms with E-state index < -0.39 is 35.6 Å². The molecule has 1 N–H and O–H groups in total. The number of halogens is 3. The third-order valence-electron chi connectivity index (χ3n) is 8.89. The van der Waals surface area contributed by atoms with Gasteiger partial charge in [-0.3, -0.25) is 9.59 Å². The van der Waals surface area contributed by atoms with Gasteiger partial charge in [0.05, 0.1) is 17.3 Å². The highest BCUT2D eigenvalue weighted by molar-refractivity contribution is 6.31. The number of oxime groups is 1. The fourth-order valence-electron chi connectivity index (χ4n) is 6.60. The summed E-state index contributed by atoms with van der Waals surface area (Å²) in [4.78, 5) is 37.4. The van der Waals surface area contributed by atoms with Crippen molar-refractivity contribution in [2.45, 2.75) is 57.8 Å². The van der Waals surface area contributed by atoms with E-state index in [2.05, 4.69) is 44.0 Å². The molecule has 2 atom stereocenters. The Hall–Kier alpha value is -4.84. The van der Waals surface area contributed by atoms with Crippen molar-refractivity contribution in [3.63, 3.8) is 0 Å². The largest absolute Gasteiger partial charge is 0.382 e. The smallest absolute Gasteiger partial charge is 0.267 e. The Bertz CT molecular complexity index is 1890. The zero-order valence-electron chi connectivity index (χ0n) is 25.8. The summed E-state index contributed by atoms with van der Waals surface area (Å²) in [7, 11) is 0. The molecule has 0 saturated heterocycles. The fraction of sp³-hybridized carbons (Fsp3) is 0.324. The van der Waals surface area contributed by atoms with E-state index in [0.29, 0.717) is 24.2 Å². The molecule has 3 aliphatic rings. The van der Waals surface area contributed by atoms with Gasteiger partial charge >= 0.3 is 0 Å². The van der Waals surface area contributed by atoms with Crippen molar-refractivity contribution < 1.29 is 23.2 Å². The van der Waals surface area contributed by atoms with Gasteiger partial charge in [-0.15, -0.1) is 10.2 Å². The average molecular weight is 660 g/mol. The van der Waals surface area contributed by atoms with Crippen LogP contribution in [0, 0.1) is 11.6 Å². The van der Waals surface area contributed by atoms with Gasteiger partial charge in [0.1, 0.15) is 17.7 Å². The minimum Gasteiger partial charge on any atom is -0.382 e. The maximum Gasteiger partial charge on any atom is 0.267 e. The molecular formula is C34H32ClF2N7O3. The van der Waals surface area contributed by atoms with Crippen LogP contribution in [-0.4, -0.2) is 56.4 Å². The monoisotopic (exact) mass is 659 g/mol. The molecule has 4 heterocycles. The molecule has 4 aromatic rings. The number of nitrogens with one attached hydrogen (secondary N) is 1. The number of benzene rings is 3. The summed E-state index contributed by atoms with van der Waals surface area (Å²) >= 11 is 5.97. The highest BCUT2D eigenvalue weighted by Gasteiger charge is 2.42. The van der Waals surface area contributed by atoms with Crippen molar-refractivity contribution in [3.8, 4) is 0 Å². The lowest BCUT2D eigenvalue weighted by molar-refractivity contribution is -0.148. The van der Waals surface area contributed by atoms with Crippen LogP contribution in [0.1, 0.15) is 60.6 Å². The number of nitrogens with zero attached hydrogens (tertiary/aromatic N) is 6. The molecule has 47 heavy (non-hydrogen) atoms. The molecule has 0 spiro atoms. The number of carbonyl (C=O) groups is 2. The summed E-state index contributed by atoms with van der Waals surface area (Å²) in [6.07, 6.45) is -0.558. The van der Waals surface area contributed by atoms with Crippen LogP contribution in [-0.2, 0) is 33.9 Å². The first-order valence-corrected chi connectivity index (χ1v) is 15.9. The summed E-state index contributed by atoms with van der Waals surface area (Å²) in [6.45, 7) is 6.44. The van der Waals surface area contributed by atoms with Crippen molar-refractivity contribution in [3.05, 3.63) is 106 Å². The Morgan fingerprint density at radius 3 is 2.57 bits per heavy atom. The first-order chi connectivity index (χ1) is 22.7. The zero-order chi connectivity index (χ0) is 32.8. The molecule has 1 aromatic heterocycles. The first-order valence-electron chi connectivity index (χ1n) is 15.5. The number of fused-ring (bicyclic) bond motifs is 2. The molecule has 0 radical (unpaired) electrons. The van der Waals surface area contributed by atoms with Gasteiger partial charge in [0.15, 0.2) is 11.6 Å². The van der Waals surface area contributed by atoms with Crippen molar-refractivity contribution in [2.75, 3.05) is 23.3 Å². The Kier molecular flexibility index (Phi) is 8.13. The number of hydrogen-bond acceptors (Lipinski definition) is 7. The average Bonchev–Trinajstić information content (AvgIpc) is 3.74. The van der Waals surface area contributed by atoms with E-state index in [0.717, 1.165) is 36.0 Å². The molecule has 0 saturated carbocycles. The molecule has 0 fully saturated rings. The Balaban J connectivity index is 1.19. The van der Waals surface area contributed by atoms with E-state index in [1.165, 1.54) is 41.3 Å². The Morgan fingerprint density at radius 1 is 1.00 bits per heavy atom. The summed E-state index contributed by atoms with van der Waals surface area (Å²) in [5, 5.41) is 15.7. The van der Waals surface area contributed by atoms with Crippen LogP contribution in [0.5, 0.6) is 0 Å². The summed E-state index contributed by atoms with van der Waals surface area (Å²) < 4.78 is 30.6. The highest BCUT2D eigenvalue weighted by atomic mass is 35.5. The topological polar surface area (TPSA) is 105 Å². The lowest BCUT2D eigenvalue weighted by Crippen LogP contribution is -2.49. The van der Waals surface area contributed by atoms with Crippen LogP contribution in [0.4, 0.5) is 20.2 Å². The van der Waals surface area contributed by atoms with Crippen molar-refractivity contribution in [1.82, 2.24) is 19.7 Å². The minimum atomic E-state index is -1.06. The van der Waals surface area contributed by atoms with E-state index in [1.54, 1.807) is 6.07 Å². The van der Waals surface area contributed by atoms with Gasteiger partial charge in [0.2, 0.25) is 6.10 Å². The molecule has 3 aliphatic heterocycles. The maximum absolute atomic E-state index is 14.8. The lowest BCUT2D eigenvalue weighted by atomic mass is 9.89. The van der Waals surface area contributed by atoms with Crippen LogP contribution in [0.3, 0.4) is 0 Å². The Labute approximate surface area is 275 Å². The van der Waals surface area contributed by atoms with Gasteiger partial charge < -0.3 is 24.5 Å². The molecule has 13 heteroatoms. The normalized spacial score (nSPS) is 18.8. The summed E-state index contributed by atoms with van der Waals surface area (Å²) in [5.41, 5.74) is 3.41. The van der Waals surface area contributed by atoms with Gasteiger partial charge in [0, 0.05) is 48.9 Å². The summed E-state index contributed by atoms with van der Waals surface area (Å²) in [6, 6.07) is 14.8. The van der Waals surface area contributed by atoms with Crippen molar-refractivity contribution in [2.24, 2.45) is 5.16 Å². The van der Waals surface area contributed by atoms with Crippen molar-refractivity contribution in [1.29, 1.82) is 0 Å². The van der Waals surface area contributed by atoms with Crippen molar-refractivity contribution >= 4 is 40.5 Å². The highest BCUT2D eigenvalue weighted by Crippen LogP contribution is 2.39. The summed E-state index contributed by atoms with van der Waals surface area (Å²) in [5.74, 6) is 0.109. The standard InChI is InChI=1S/C34H32ClF2N7O3/c1-19(2)32-40-39-29-18-42(15-16-43(29)32)27-8-4-5-23-22(27)13-14-44(31(23)33(45)38-21-11-9-20(36)10-12-21)34(46)28-17-26(41-47-28)24-6-3-7-25(35)30(24)37/h3-12,19,28,31H,13-18H2,1-2H3,(H,38,45)/t28-,31+/m1/s1. The number of hydrogen-bond donors (Lipinski definition) is 1. The van der Waals surface area contributed by atoms with E-state index in [-0.39, 0.29) is 35.2 Å². The van der Waals surface area contributed by atoms with Crippen LogP contribution in [0.15, 0.2) is 65.8 Å². The van der Waals surface area contributed by atoms with Gasteiger partial charge in [-0.25, -0.2) is 8.78 Å². The molecular weight excluding hydrogens is 628 g/mol.